The number of piperidine rings is 1. The van der Waals surface area contributed by atoms with Crippen LogP contribution in [0.4, 0.5) is 0 Å². The molecule has 0 spiro atoms. The first-order valence-corrected chi connectivity index (χ1v) is 8.10. The summed E-state index contributed by atoms with van der Waals surface area (Å²) in [6.07, 6.45) is 6.68. The number of likely N-dealkylation sites (tertiary alicyclic amines) is 1. The highest BCUT2D eigenvalue weighted by molar-refractivity contribution is 9.10. The molecule has 2 rings (SSSR count). The van der Waals surface area contributed by atoms with Crippen molar-refractivity contribution in [1.82, 2.24) is 4.90 Å². The molecule has 0 aliphatic carbocycles. The lowest BCUT2D eigenvalue weighted by Gasteiger charge is -2.36. The fraction of sp³-hybridized carbons (Fsp3) is 0.625. The molecule has 0 saturated carbocycles. The van der Waals surface area contributed by atoms with E-state index in [1.54, 1.807) is 7.11 Å². The van der Waals surface area contributed by atoms with Crippen molar-refractivity contribution in [3.8, 4) is 5.75 Å². The number of nitrogens with zero attached hydrogens (tertiary/aromatic N) is 1. The van der Waals surface area contributed by atoms with Crippen LogP contribution in [0.15, 0.2) is 22.7 Å². The third-order valence-electron chi connectivity index (χ3n) is 4.00. The third-order valence-corrected chi connectivity index (χ3v) is 4.77. The Balaban J connectivity index is 2.09. The van der Waals surface area contributed by atoms with Crippen LogP contribution in [0.3, 0.4) is 0 Å². The molecular weight excluding hydrogens is 302 g/mol. The van der Waals surface area contributed by atoms with Crippen LogP contribution < -0.4 is 4.74 Å². The van der Waals surface area contributed by atoms with Gasteiger partial charge in [-0.1, -0.05) is 35.7 Å². The molecule has 2 nitrogen and oxygen atoms in total. The van der Waals surface area contributed by atoms with E-state index in [0.717, 1.165) is 18.3 Å². The Morgan fingerprint density at radius 3 is 2.95 bits per heavy atom. The number of rotatable bonds is 5. The molecule has 3 heteroatoms. The second-order valence-corrected chi connectivity index (χ2v) is 6.22. The molecule has 19 heavy (non-hydrogen) atoms. The molecule has 1 saturated heterocycles. The summed E-state index contributed by atoms with van der Waals surface area (Å²) in [5.41, 5.74) is 1.34. The van der Waals surface area contributed by atoms with E-state index in [1.165, 1.54) is 48.7 Å². The maximum absolute atomic E-state index is 5.33. The van der Waals surface area contributed by atoms with E-state index in [0.29, 0.717) is 0 Å². The lowest BCUT2D eigenvalue weighted by molar-refractivity contribution is 0.131. The van der Waals surface area contributed by atoms with Crippen LogP contribution in [0.2, 0.25) is 0 Å². The number of hydrogen-bond donors (Lipinski definition) is 0. The summed E-state index contributed by atoms with van der Waals surface area (Å²) in [7, 11) is 1.73. The van der Waals surface area contributed by atoms with E-state index in [4.69, 9.17) is 4.74 Å². The Hall–Kier alpha value is -0.540. The summed E-state index contributed by atoms with van der Waals surface area (Å²) in [6, 6.07) is 7.01. The zero-order chi connectivity index (χ0) is 13.7. The predicted molar refractivity (Wildman–Crippen MR) is 83.7 cm³/mol. The van der Waals surface area contributed by atoms with Crippen LogP contribution in [0.1, 0.15) is 44.6 Å². The van der Waals surface area contributed by atoms with Crippen molar-refractivity contribution in [2.45, 2.75) is 51.6 Å². The lowest BCUT2D eigenvalue weighted by Crippen LogP contribution is -2.38. The predicted octanol–water partition coefficient (Wildman–Crippen LogP) is 4.61. The molecule has 0 amide bonds. The minimum absolute atomic E-state index is 0.761. The summed E-state index contributed by atoms with van der Waals surface area (Å²) in [5, 5.41) is 0. The van der Waals surface area contributed by atoms with E-state index >= 15 is 0 Å². The molecule has 0 radical (unpaired) electrons. The zero-order valence-corrected chi connectivity index (χ0v) is 13.6. The van der Waals surface area contributed by atoms with Gasteiger partial charge < -0.3 is 4.74 Å². The maximum Gasteiger partial charge on any atom is 0.119 e. The van der Waals surface area contributed by atoms with E-state index in [2.05, 4.69) is 39.9 Å². The van der Waals surface area contributed by atoms with Gasteiger partial charge in [0, 0.05) is 17.1 Å². The van der Waals surface area contributed by atoms with Gasteiger partial charge in [-0.2, -0.15) is 0 Å². The first kappa shape index (κ1) is 14.9. The number of hydrogen-bond acceptors (Lipinski definition) is 2. The molecule has 106 valence electrons. The number of benzene rings is 1. The molecule has 1 unspecified atom stereocenters. The normalized spacial score (nSPS) is 20.5. The second kappa shape index (κ2) is 7.30. The van der Waals surface area contributed by atoms with Crippen LogP contribution in [0.5, 0.6) is 5.75 Å². The Morgan fingerprint density at radius 2 is 2.21 bits per heavy atom. The van der Waals surface area contributed by atoms with E-state index < -0.39 is 0 Å². The molecule has 1 aromatic carbocycles. The molecule has 1 heterocycles. The van der Waals surface area contributed by atoms with Crippen molar-refractivity contribution in [2.24, 2.45) is 0 Å². The lowest BCUT2D eigenvalue weighted by atomic mass is 9.97. The van der Waals surface area contributed by atoms with E-state index in [1.807, 2.05) is 6.07 Å². The SMILES string of the molecule is CCCC1CCCCN1Cc1cc(OC)ccc1Br. The Bertz CT molecular complexity index is 406. The van der Waals surface area contributed by atoms with Crippen molar-refractivity contribution < 1.29 is 4.74 Å². The monoisotopic (exact) mass is 325 g/mol. The highest BCUT2D eigenvalue weighted by Crippen LogP contribution is 2.28. The van der Waals surface area contributed by atoms with Gasteiger partial charge in [-0.3, -0.25) is 4.90 Å². The van der Waals surface area contributed by atoms with Crippen molar-refractivity contribution >= 4 is 15.9 Å². The molecule has 1 atom stereocenters. The van der Waals surface area contributed by atoms with Crippen LogP contribution >= 0.6 is 15.9 Å². The summed E-state index contributed by atoms with van der Waals surface area (Å²) >= 11 is 3.66. The average molecular weight is 326 g/mol. The molecule has 0 aromatic heterocycles. The molecule has 1 aliphatic rings. The van der Waals surface area contributed by atoms with Gasteiger partial charge in [0.1, 0.15) is 5.75 Å². The highest BCUT2D eigenvalue weighted by atomic mass is 79.9. The van der Waals surface area contributed by atoms with Gasteiger partial charge in [-0.05, 0) is 49.6 Å². The summed E-state index contributed by atoms with van der Waals surface area (Å²) in [5.74, 6) is 0.947. The van der Waals surface area contributed by atoms with Crippen molar-refractivity contribution in [3.63, 3.8) is 0 Å². The molecule has 0 bridgehead atoms. The van der Waals surface area contributed by atoms with Crippen LogP contribution in [0, 0.1) is 0 Å². The van der Waals surface area contributed by atoms with E-state index in [-0.39, 0.29) is 0 Å². The molecular formula is C16H24BrNO. The summed E-state index contributed by atoms with van der Waals surface area (Å²) in [4.78, 5) is 2.65. The Morgan fingerprint density at radius 1 is 1.37 bits per heavy atom. The quantitative estimate of drug-likeness (QED) is 0.783. The fourth-order valence-electron chi connectivity index (χ4n) is 2.95. The van der Waals surface area contributed by atoms with Crippen LogP contribution in [-0.2, 0) is 6.54 Å². The number of methoxy groups -OCH3 is 1. The number of halogens is 1. The Kier molecular flexibility index (Phi) is 5.71. The van der Waals surface area contributed by atoms with Gasteiger partial charge >= 0.3 is 0 Å². The van der Waals surface area contributed by atoms with Gasteiger partial charge in [0.25, 0.3) is 0 Å². The van der Waals surface area contributed by atoms with Crippen LogP contribution in [0.25, 0.3) is 0 Å². The van der Waals surface area contributed by atoms with Gasteiger partial charge in [0.05, 0.1) is 7.11 Å². The molecule has 1 aromatic rings. The van der Waals surface area contributed by atoms with Crippen molar-refractivity contribution in [2.75, 3.05) is 13.7 Å². The van der Waals surface area contributed by atoms with Crippen molar-refractivity contribution in [1.29, 1.82) is 0 Å². The number of ether oxygens (including phenoxy) is 1. The minimum atomic E-state index is 0.761. The van der Waals surface area contributed by atoms with Gasteiger partial charge in [-0.25, -0.2) is 0 Å². The third kappa shape index (κ3) is 3.96. The maximum atomic E-state index is 5.33. The van der Waals surface area contributed by atoms with Gasteiger partial charge in [0.15, 0.2) is 0 Å². The smallest absolute Gasteiger partial charge is 0.119 e. The van der Waals surface area contributed by atoms with Crippen molar-refractivity contribution in [3.05, 3.63) is 28.2 Å². The Labute approximate surface area is 125 Å². The first-order valence-electron chi connectivity index (χ1n) is 7.31. The summed E-state index contributed by atoms with van der Waals surface area (Å²) in [6.45, 7) is 4.55. The minimum Gasteiger partial charge on any atom is -0.497 e. The average Bonchev–Trinajstić information content (AvgIpc) is 2.43. The highest BCUT2D eigenvalue weighted by Gasteiger charge is 2.22. The topological polar surface area (TPSA) is 12.5 Å². The van der Waals surface area contributed by atoms with E-state index in [9.17, 15) is 0 Å². The molecule has 1 aliphatic heterocycles. The first-order chi connectivity index (χ1) is 9.24. The zero-order valence-electron chi connectivity index (χ0n) is 12.0. The van der Waals surface area contributed by atoms with Gasteiger partial charge in [-0.15, -0.1) is 0 Å². The van der Waals surface area contributed by atoms with Crippen LogP contribution in [-0.4, -0.2) is 24.6 Å². The van der Waals surface area contributed by atoms with Gasteiger partial charge in [0.2, 0.25) is 0 Å². The fourth-order valence-corrected chi connectivity index (χ4v) is 3.32. The second-order valence-electron chi connectivity index (χ2n) is 5.37. The standard InChI is InChI=1S/C16H24BrNO/c1-3-6-14-7-4-5-10-18(14)12-13-11-15(19-2)8-9-16(13)17/h8-9,11,14H,3-7,10,12H2,1-2H3. The molecule has 1 fully saturated rings. The largest absolute Gasteiger partial charge is 0.497 e. The molecule has 0 N–H and O–H groups in total. The summed E-state index contributed by atoms with van der Waals surface area (Å²) < 4.78 is 6.52.